The highest BCUT2D eigenvalue weighted by atomic mass is 19.1. The molecule has 3 nitrogen and oxygen atoms in total. The number of benzene rings is 1. The van der Waals surface area contributed by atoms with Crippen LogP contribution in [0.25, 0.3) is 10.9 Å². The monoisotopic (exact) mass is 261 g/mol. The Morgan fingerprint density at radius 1 is 1.42 bits per heavy atom. The molecular weight excluding hydrogens is 241 g/mol. The molecule has 0 radical (unpaired) electrons. The van der Waals surface area contributed by atoms with Crippen LogP contribution in [0.5, 0.6) is 0 Å². The van der Waals surface area contributed by atoms with Crippen LogP contribution in [-0.4, -0.2) is 30.0 Å². The molecule has 3 rings (SSSR count). The number of hydrogen-bond acceptors (Lipinski definition) is 2. The summed E-state index contributed by atoms with van der Waals surface area (Å²) in [5, 5.41) is 0.940. The van der Waals surface area contributed by atoms with E-state index < -0.39 is 0 Å². The Morgan fingerprint density at radius 2 is 2.21 bits per heavy atom. The van der Waals surface area contributed by atoms with Crippen LogP contribution in [0.15, 0.2) is 18.2 Å². The number of aromatic amines is 1. The van der Waals surface area contributed by atoms with Gasteiger partial charge in [0.15, 0.2) is 0 Å². The Balaban J connectivity index is 2.02. The Bertz CT molecular complexity index is 605. The van der Waals surface area contributed by atoms with E-state index in [1.807, 2.05) is 26.1 Å². The Hall–Kier alpha value is -1.39. The summed E-state index contributed by atoms with van der Waals surface area (Å²) >= 11 is 0. The van der Waals surface area contributed by atoms with E-state index in [0.29, 0.717) is 12.5 Å². The number of nitrogens with two attached hydrogens (primary N) is 1. The van der Waals surface area contributed by atoms with Crippen molar-refractivity contribution in [1.82, 2.24) is 9.88 Å². The van der Waals surface area contributed by atoms with Crippen molar-refractivity contribution in [3.8, 4) is 0 Å². The Kier molecular flexibility index (Phi) is 3.07. The highest BCUT2D eigenvalue weighted by Gasteiger charge is 2.31. The lowest BCUT2D eigenvalue weighted by atomic mass is 9.98. The third kappa shape index (κ3) is 2.15. The van der Waals surface area contributed by atoms with Gasteiger partial charge in [0.05, 0.1) is 0 Å². The van der Waals surface area contributed by atoms with Gasteiger partial charge in [-0.25, -0.2) is 4.39 Å². The van der Waals surface area contributed by atoms with Gasteiger partial charge in [0.2, 0.25) is 0 Å². The summed E-state index contributed by atoms with van der Waals surface area (Å²) in [4.78, 5) is 5.49. The normalized spacial score (nSPS) is 24.4. The van der Waals surface area contributed by atoms with Gasteiger partial charge >= 0.3 is 0 Å². The van der Waals surface area contributed by atoms with Gasteiger partial charge < -0.3 is 10.7 Å². The zero-order chi connectivity index (χ0) is 13.6. The van der Waals surface area contributed by atoms with Crippen LogP contribution < -0.4 is 5.73 Å². The second-order valence-electron chi connectivity index (χ2n) is 5.71. The highest BCUT2D eigenvalue weighted by Crippen LogP contribution is 2.36. The summed E-state index contributed by atoms with van der Waals surface area (Å²) in [7, 11) is 2.05. The highest BCUT2D eigenvalue weighted by molar-refractivity contribution is 5.81. The zero-order valence-corrected chi connectivity index (χ0v) is 11.4. The molecule has 2 unspecified atom stereocenters. The molecule has 0 spiro atoms. The van der Waals surface area contributed by atoms with Gasteiger partial charge in [0, 0.05) is 34.7 Å². The number of fused-ring (bicyclic) bond motifs is 1. The molecular formula is C15H20FN3. The molecule has 102 valence electrons. The number of aromatic nitrogens is 1. The fourth-order valence-electron chi connectivity index (χ4n) is 3.21. The van der Waals surface area contributed by atoms with Crippen LogP contribution in [0.4, 0.5) is 4.39 Å². The van der Waals surface area contributed by atoms with Crippen molar-refractivity contribution in [3.05, 3.63) is 35.3 Å². The van der Waals surface area contributed by atoms with Crippen LogP contribution in [0, 0.1) is 18.7 Å². The van der Waals surface area contributed by atoms with Gasteiger partial charge in [0.25, 0.3) is 0 Å². The van der Waals surface area contributed by atoms with E-state index in [-0.39, 0.29) is 11.9 Å². The van der Waals surface area contributed by atoms with Crippen molar-refractivity contribution in [2.75, 3.05) is 20.1 Å². The number of rotatable bonds is 2. The zero-order valence-electron chi connectivity index (χ0n) is 11.4. The maximum absolute atomic E-state index is 14.3. The molecule has 0 saturated carbocycles. The molecule has 1 aliphatic heterocycles. The van der Waals surface area contributed by atoms with Gasteiger partial charge in [-0.3, -0.25) is 4.90 Å². The predicted molar refractivity (Wildman–Crippen MR) is 75.5 cm³/mol. The summed E-state index contributed by atoms with van der Waals surface area (Å²) < 4.78 is 14.3. The van der Waals surface area contributed by atoms with Gasteiger partial charge in [-0.1, -0.05) is 0 Å². The SMILES string of the molecule is Cc1cc2cc(F)c(C3CC(CN)CN3C)cc2[nH]1. The van der Waals surface area contributed by atoms with Crippen LogP contribution in [-0.2, 0) is 0 Å². The minimum atomic E-state index is -0.110. The lowest BCUT2D eigenvalue weighted by molar-refractivity contribution is 0.307. The first-order chi connectivity index (χ1) is 9.08. The summed E-state index contributed by atoms with van der Waals surface area (Å²) in [6.45, 7) is 3.61. The number of aryl methyl sites for hydroxylation is 1. The number of nitrogens with zero attached hydrogens (tertiary/aromatic N) is 1. The standard InChI is InChI=1S/C15H20FN3/c1-9-3-11-5-13(16)12(6-14(11)18-9)15-4-10(7-17)8-19(15)2/h3,5-6,10,15,18H,4,7-8,17H2,1-2H3. The number of H-pyrrole nitrogens is 1. The first-order valence-corrected chi connectivity index (χ1v) is 6.77. The fraction of sp³-hybridized carbons (Fsp3) is 0.467. The van der Waals surface area contributed by atoms with Crippen molar-refractivity contribution in [2.45, 2.75) is 19.4 Å². The van der Waals surface area contributed by atoms with Crippen LogP contribution >= 0.6 is 0 Å². The molecule has 3 N–H and O–H groups in total. The van der Waals surface area contributed by atoms with Gasteiger partial charge in [-0.15, -0.1) is 0 Å². The molecule has 0 bridgehead atoms. The van der Waals surface area contributed by atoms with Crippen molar-refractivity contribution in [1.29, 1.82) is 0 Å². The minimum absolute atomic E-state index is 0.110. The minimum Gasteiger partial charge on any atom is -0.359 e. The number of nitrogens with one attached hydrogen (secondary N) is 1. The van der Waals surface area contributed by atoms with E-state index in [0.717, 1.165) is 35.1 Å². The quantitative estimate of drug-likeness (QED) is 0.872. The molecule has 2 heterocycles. The molecule has 1 saturated heterocycles. The second-order valence-corrected chi connectivity index (χ2v) is 5.71. The third-order valence-electron chi connectivity index (χ3n) is 4.20. The van der Waals surface area contributed by atoms with E-state index in [1.54, 1.807) is 6.07 Å². The average Bonchev–Trinajstić information content (AvgIpc) is 2.90. The van der Waals surface area contributed by atoms with E-state index in [4.69, 9.17) is 5.73 Å². The van der Waals surface area contributed by atoms with E-state index >= 15 is 0 Å². The molecule has 2 aromatic rings. The Morgan fingerprint density at radius 3 is 2.89 bits per heavy atom. The maximum atomic E-state index is 14.3. The van der Waals surface area contributed by atoms with Crippen LogP contribution in [0.1, 0.15) is 23.7 Å². The number of halogens is 1. The fourth-order valence-corrected chi connectivity index (χ4v) is 3.21. The largest absolute Gasteiger partial charge is 0.359 e. The summed E-state index contributed by atoms with van der Waals surface area (Å²) in [5.41, 5.74) is 8.60. The van der Waals surface area contributed by atoms with E-state index in [9.17, 15) is 4.39 Å². The van der Waals surface area contributed by atoms with Crippen molar-refractivity contribution in [2.24, 2.45) is 11.7 Å². The smallest absolute Gasteiger partial charge is 0.128 e. The summed E-state index contributed by atoms with van der Waals surface area (Å²) in [6.07, 6.45) is 0.940. The van der Waals surface area contributed by atoms with E-state index in [2.05, 4.69) is 9.88 Å². The van der Waals surface area contributed by atoms with Crippen LogP contribution in [0.3, 0.4) is 0 Å². The number of hydrogen-bond donors (Lipinski definition) is 2. The van der Waals surface area contributed by atoms with Gasteiger partial charge in [-0.05, 0) is 51.1 Å². The lowest BCUT2D eigenvalue weighted by Crippen LogP contribution is -2.21. The molecule has 1 aromatic heterocycles. The molecule has 1 aliphatic rings. The molecule has 0 aliphatic carbocycles. The van der Waals surface area contributed by atoms with Crippen molar-refractivity contribution >= 4 is 10.9 Å². The summed E-state index contributed by atoms with van der Waals surface area (Å²) in [5.74, 6) is 0.358. The van der Waals surface area contributed by atoms with Crippen LogP contribution in [0.2, 0.25) is 0 Å². The van der Waals surface area contributed by atoms with Crippen molar-refractivity contribution in [3.63, 3.8) is 0 Å². The van der Waals surface area contributed by atoms with E-state index in [1.165, 1.54) is 0 Å². The molecule has 1 aromatic carbocycles. The predicted octanol–water partition coefficient (Wildman–Crippen LogP) is 2.57. The average molecular weight is 261 g/mol. The summed E-state index contributed by atoms with van der Waals surface area (Å²) in [6, 6.07) is 5.71. The molecule has 2 atom stereocenters. The third-order valence-corrected chi connectivity index (χ3v) is 4.20. The van der Waals surface area contributed by atoms with Gasteiger partial charge in [-0.2, -0.15) is 0 Å². The lowest BCUT2D eigenvalue weighted by Gasteiger charge is -2.20. The first kappa shape index (κ1) is 12.6. The topological polar surface area (TPSA) is 45.0 Å². The molecule has 1 fully saturated rings. The number of likely N-dealkylation sites (tertiary alicyclic amines) is 1. The maximum Gasteiger partial charge on any atom is 0.128 e. The van der Waals surface area contributed by atoms with Crippen molar-refractivity contribution < 1.29 is 4.39 Å². The Labute approximate surface area is 112 Å². The second kappa shape index (κ2) is 4.62. The first-order valence-electron chi connectivity index (χ1n) is 6.77. The van der Waals surface area contributed by atoms with Gasteiger partial charge in [0.1, 0.15) is 5.82 Å². The molecule has 0 amide bonds. The molecule has 19 heavy (non-hydrogen) atoms. The molecule has 4 heteroatoms.